The molecule has 0 saturated carbocycles. The number of hydrogen-bond donors (Lipinski definition) is 1. The van der Waals surface area contributed by atoms with Crippen LogP contribution in [-0.2, 0) is 9.53 Å². The van der Waals surface area contributed by atoms with Crippen molar-refractivity contribution in [1.29, 1.82) is 0 Å². The first-order chi connectivity index (χ1) is 6.77. The Hall–Kier alpha value is -1.36. The lowest BCUT2D eigenvalue weighted by Gasteiger charge is -2.30. The van der Waals surface area contributed by atoms with E-state index in [1.165, 1.54) is 0 Å². The zero-order chi connectivity index (χ0) is 11.8. The first kappa shape index (κ1) is 11.7. The summed E-state index contributed by atoms with van der Waals surface area (Å²) in [5.41, 5.74) is -0.616. The second-order valence-electron chi connectivity index (χ2n) is 4.07. The third-order valence-corrected chi connectivity index (χ3v) is 2.42. The minimum Gasteiger partial charge on any atom is -0.465 e. The molecule has 0 aromatic rings. The van der Waals surface area contributed by atoms with Crippen molar-refractivity contribution in [2.24, 2.45) is 0 Å². The van der Waals surface area contributed by atoms with Gasteiger partial charge >= 0.3 is 6.09 Å². The molecule has 1 aliphatic heterocycles. The maximum absolute atomic E-state index is 11.7. The van der Waals surface area contributed by atoms with Gasteiger partial charge in [-0.3, -0.25) is 9.69 Å². The Morgan fingerprint density at radius 3 is 2.47 bits per heavy atom. The SMILES string of the molecule is C=C(C)C(=O)[C@@H]1COC(C)(C)N1C(=O)O. The van der Waals surface area contributed by atoms with E-state index >= 15 is 0 Å². The maximum Gasteiger partial charge on any atom is 0.410 e. The fraction of sp³-hybridized carbons (Fsp3) is 0.600. The lowest BCUT2D eigenvalue weighted by molar-refractivity contribution is -0.120. The number of carbonyl (C=O) groups is 2. The summed E-state index contributed by atoms with van der Waals surface area (Å²) in [4.78, 5) is 23.7. The molecule has 1 aliphatic rings. The van der Waals surface area contributed by atoms with Gasteiger partial charge in [0.25, 0.3) is 0 Å². The summed E-state index contributed by atoms with van der Waals surface area (Å²) in [5, 5.41) is 9.01. The number of rotatable bonds is 2. The van der Waals surface area contributed by atoms with Gasteiger partial charge in [-0.05, 0) is 26.3 Å². The van der Waals surface area contributed by atoms with Crippen LogP contribution in [0, 0.1) is 0 Å². The summed E-state index contributed by atoms with van der Waals surface area (Å²) in [6, 6.07) is -0.769. The van der Waals surface area contributed by atoms with Gasteiger partial charge in [0, 0.05) is 0 Å². The van der Waals surface area contributed by atoms with Crippen molar-refractivity contribution in [3.8, 4) is 0 Å². The van der Waals surface area contributed by atoms with E-state index in [9.17, 15) is 9.59 Å². The van der Waals surface area contributed by atoms with Crippen molar-refractivity contribution in [2.45, 2.75) is 32.5 Å². The van der Waals surface area contributed by atoms with Crippen LogP contribution in [0.2, 0.25) is 0 Å². The van der Waals surface area contributed by atoms with E-state index in [2.05, 4.69) is 6.58 Å². The molecule has 0 unspecified atom stereocenters. The van der Waals surface area contributed by atoms with Gasteiger partial charge < -0.3 is 9.84 Å². The average molecular weight is 213 g/mol. The van der Waals surface area contributed by atoms with E-state index < -0.39 is 17.9 Å². The predicted octanol–water partition coefficient (Wildman–Crippen LogP) is 1.25. The molecule has 0 aliphatic carbocycles. The molecule has 1 atom stereocenters. The fourth-order valence-electron chi connectivity index (χ4n) is 1.64. The molecule has 0 spiro atoms. The van der Waals surface area contributed by atoms with E-state index in [0.29, 0.717) is 5.57 Å². The normalized spacial score (nSPS) is 23.9. The Kier molecular flexibility index (Phi) is 2.86. The molecule has 0 aromatic heterocycles. The number of ether oxygens (including phenoxy) is 1. The number of carbonyl (C=O) groups excluding carboxylic acids is 1. The summed E-state index contributed by atoms with van der Waals surface area (Å²) in [5.74, 6) is -0.289. The highest BCUT2D eigenvalue weighted by Crippen LogP contribution is 2.28. The molecule has 1 rings (SSSR count). The van der Waals surface area contributed by atoms with Crippen LogP contribution in [0.5, 0.6) is 0 Å². The van der Waals surface area contributed by atoms with Crippen molar-refractivity contribution in [3.05, 3.63) is 12.2 Å². The molecule has 1 amide bonds. The van der Waals surface area contributed by atoms with E-state index in [1.54, 1.807) is 20.8 Å². The lowest BCUT2D eigenvalue weighted by Crippen LogP contribution is -2.50. The van der Waals surface area contributed by atoms with Crippen LogP contribution in [-0.4, -0.2) is 40.3 Å². The third-order valence-electron chi connectivity index (χ3n) is 2.42. The minimum atomic E-state index is -1.16. The van der Waals surface area contributed by atoms with Gasteiger partial charge in [-0.25, -0.2) is 4.79 Å². The highest BCUT2D eigenvalue weighted by Gasteiger charge is 2.47. The summed E-state index contributed by atoms with van der Waals surface area (Å²) in [7, 11) is 0. The van der Waals surface area contributed by atoms with Crippen LogP contribution >= 0.6 is 0 Å². The van der Waals surface area contributed by atoms with Gasteiger partial charge in [0.05, 0.1) is 6.61 Å². The highest BCUT2D eigenvalue weighted by atomic mass is 16.5. The highest BCUT2D eigenvalue weighted by molar-refractivity contribution is 6.00. The van der Waals surface area contributed by atoms with E-state index in [-0.39, 0.29) is 12.4 Å². The maximum atomic E-state index is 11.7. The Labute approximate surface area is 88.3 Å². The molecule has 0 aromatic carbocycles. The standard InChI is InChI=1S/C10H15NO4/c1-6(2)8(12)7-5-15-10(3,4)11(7)9(13)14/h7H,1,5H2,2-4H3,(H,13,14)/t7-/m0/s1. The predicted molar refractivity (Wildman–Crippen MR) is 53.5 cm³/mol. The minimum absolute atomic E-state index is 0.0883. The Morgan fingerprint density at radius 1 is 1.53 bits per heavy atom. The zero-order valence-electron chi connectivity index (χ0n) is 9.11. The largest absolute Gasteiger partial charge is 0.465 e. The molecule has 5 heteroatoms. The van der Waals surface area contributed by atoms with Crippen LogP contribution in [0.3, 0.4) is 0 Å². The fourth-order valence-corrected chi connectivity index (χ4v) is 1.64. The molecule has 15 heavy (non-hydrogen) atoms. The third kappa shape index (κ3) is 2.02. The molecular weight excluding hydrogens is 198 g/mol. The summed E-state index contributed by atoms with van der Waals surface area (Å²) in [6.07, 6.45) is -1.16. The van der Waals surface area contributed by atoms with Gasteiger partial charge in [-0.15, -0.1) is 0 Å². The van der Waals surface area contributed by atoms with Crippen molar-refractivity contribution >= 4 is 11.9 Å². The van der Waals surface area contributed by atoms with Crippen LogP contribution in [0.1, 0.15) is 20.8 Å². The quantitative estimate of drug-likeness (QED) is 0.701. The van der Waals surface area contributed by atoms with Gasteiger partial charge in [0.1, 0.15) is 11.8 Å². The monoisotopic (exact) mass is 213 g/mol. The van der Waals surface area contributed by atoms with Crippen LogP contribution in [0.15, 0.2) is 12.2 Å². The van der Waals surface area contributed by atoms with Crippen LogP contribution < -0.4 is 0 Å². The lowest BCUT2D eigenvalue weighted by atomic mass is 10.1. The van der Waals surface area contributed by atoms with E-state index in [4.69, 9.17) is 9.84 Å². The van der Waals surface area contributed by atoms with Gasteiger partial charge in [0.15, 0.2) is 5.78 Å². The summed E-state index contributed by atoms with van der Waals surface area (Å²) >= 11 is 0. The average Bonchev–Trinajstić information content (AvgIpc) is 2.39. The molecule has 5 nitrogen and oxygen atoms in total. The molecule has 0 radical (unpaired) electrons. The first-order valence-corrected chi connectivity index (χ1v) is 4.63. The van der Waals surface area contributed by atoms with E-state index in [0.717, 1.165) is 4.90 Å². The van der Waals surface area contributed by atoms with Gasteiger partial charge in [0.2, 0.25) is 0 Å². The molecule has 84 valence electrons. The Bertz CT molecular complexity index is 321. The first-order valence-electron chi connectivity index (χ1n) is 4.63. The molecule has 1 saturated heterocycles. The number of hydrogen-bond acceptors (Lipinski definition) is 3. The number of carboxylic acid groups (broad SMARTS) is 1. The van der Waals surface area contributed by atoms with Crippen molar-refractivity contribution in [2.75, 3.05) is 6.61 Å². The number of ketones is 1. The smallest absolute Gasteiger partial charge is 0.410 e. The number of amides is 1. The Morgan fingerprint density at radius 2 is 2.07 bits per heavy atom. The molecule has 1 N–H and O–H groups in total. The molecule has 1 fully saturated rings. The summed E-state index contributed by atoms with van der Waals surface area (Å²) in [6.45, 7) is 8.40. The molecular formula is C10H15NO4. The van der Waals surface area contributed by atoms with Crippen molar-refractivity contribution < 1.29 is 19.4 Å². The molecule has 1 heterocycles. The van der Waals surface area contributed by atoms with Gasteiger partial charge in [-0.1, -0.05) is 6.58 Å². The molecule has 0 bridgehead atoms. The second-order valence-corrected chi connectivity index (χ2v) is 4.07. The second kappa shape index (κ2) is 3.66. The zero-order valence-corrected chi connectivity index (χ0v) is 9.11. The van der Waals surface area contributed by atoms with Crippen molar-refractivity contribution in [1.82, 2.24) is 4.90 Å². The Balaban J connectivity index is 2.97. The van der Waals surface area contributed by atoms with Crippen molar-refractivity contribution in [3.63, 3.8) is 0 Å². The number of nitrogens with zero attached hydrogens (tertiary/aromatic N) is 1. The van der Waals surface area contributed by atoms with Gasteiger partial charge in [-0.2, -0.15) is 0 Å². The van der Waals surface area contributed by atoms with Crippen LogP contribution in [0.25, 0.3) is 0 Å². The summed E-state index contributed by atoms with van der Waals surface area (Å²) < 4.78 is 5.28. The topological polar surface area (TPSA) is 66.8 Å². The number of Topliss-reactive ketones (excluding diaryl/α,β-unsaturated/α-hetero) is 1. The van der Waals surface area contributed by atoms with E-state index in [1.807, 2.05) is 0 Å². The van der Waals surface area contributed by atoms with Crippen LogP contribution in [0.4, 0.5) is 4.79 Å².